The molecular weight excluding hydrogens is 456 g/mol. The average Bonchev–Trinajstić information content (AvgIpc) is 2.84. The maximum atomic E-state index is 12.8. The molecule has 2 rings (SSSR count). The second kappa shape index (κ2) is 14.3. The van der Waals surface area contributed by atoms with Crippen LogP contribution in [0.2, 0.25) is 0 Å². The van der Waals surface area contributed by atoms with E-state index in [4.69, 9.17) is 18.9 Å². The first-order valence-electron chi connectivity index (χ1n) is 12.7. The Balaban J connectivity index is 2.07. The molecule has 0 spiro atoms. The molecule has 0 atom stereocenters. The second-order valence-corrected chi connectivity index (χ2v) is 9.73. The fraction of sp³-hybridized carbons (Fsp3) is 0.467. The van der Waals surface area contributed by atoms with E-state index in [9.17, 15) is 9.59 Å². The molecule has 0 aromatic heterocycles. The van der Waals surface area contributed by atoms with Gasteiger partial charge < -0.3 is 18.9 Å². The van der Waals surface area contributed by atoms with Crippen LogP contribution in [0.5, 0.6) is 17.2 Å². The third-order valence-electron chi connectivity index (χ3n) is 5.40. The van der Waals surface area contributed by atoms with E-state index in [1.807, 2.05) is 19.1 Å². The van der Waals surface area contributed by atoms with Gasteiger partial charge in [0.15, 0.2) is 5.78 Å². The van der Waals surface area contributed by atoms with Crippen molar-refractivity contribution < 1.29 is 28.5 Å². The van der Waals surface area contributed by atoms with Gasteiger partial charge in [-0.25, -0.2) is 0 Å². The van der Waals surface area contributed by atoms with E-state index >= 15 is 0 Å². The molecule has 0 saturated carbocycles. The highest BCUT2D eigenvalue weighted by Gasteiger charge is 2.23. The number of allylic oxidation sites excluding steroid dienone is 1. The molecule has 0 heterocycles. The summed E-state index contributed by atoms with van der Waals surface area (Å²) in [5.41, 5.74) is 1.76. The predicted octanol–water partition coefficient (Wildman–Crippen LogP) is 7.17. The summed E-state index contributed by atoms with van der Waals surface area (Å²) in [7, 11) is 0. The molecule has 196 valence electrons. The zero-order valence-electron chi connectivity index (χ0n) is 22.5. The third-order valence-corrected chi connectivity index (χ3v) is 5.40. The lowest BCUT2D eigenvalue weighted by Gasteiger charge is -2.16. The Bertz CT molecular complexity index is 1010. The molecule has 0 aliphatic carbocycles. The van der Waals surface area contributed by atoms with Gasteiger partial charge in [0.25, 0.3) is 0 Å². The van der Waals surface area contributed by atoms with Crippen LogP contribution in [0.1, 0.15) is 81.8 Å². The largest absolute Gasteiger partial charge is 0.493 e. The lowest BCUT2D eigenvalue weighted by molar-refractivity contribution is -0.159. The van der Waals surface area contributed by atoms with Crippen LogP contribution in [0.25, 0.3) is 6.08 Å². The number of hydrogen-bond donors (Lipinski definition) is 0. The number of unbranched alkanes of at least 4 members (excludes halogenated alkanes) is 2. The Kier molecular flexibility index (Phi) is 11.5. The van der Waals surface area contributed by atoms with Gasteiger partial charge in [-0.2, -0.15) is 0 Å². The van der Waals surface area contributed by atoms with E-state index in [0.29, 0.717) is 30.3 Å². The molecule has 2 aromatic rings. The molecule has 0 fully saturated rings. The molecule has 36 heavy (non-hydrogen) atoms. The van der Waals surface area contributed by atoms with E-state index in [1.165, 1.54) is 0 Å². The van der Waals surface area contributed by atoms with Gasteiger partial charge in [0, 0.05) is 17.2 Å². The quantitative estimate of drug-likeness (QED) is 0.0907. The summed E-state index contributed by atoms with van der Waals surface area (Å²) in [6, 6.07) is 10.6. The van der Waals surface area contributed by atoms with E-state index in [2.05, 4.69) is 13.8 Å². The zero-order chi connectivity index (χ0) is 26.6. The first kappa shape index (κ1) is 29.0. The van der Waals surface area contributed by atoms with Gasteiger partial charge in [-0.05, 0) is 88.6 Å². The van der Waals surface area contributed by atoms with Crippen LogP contribution in [0.3, 0.4) is 0 Å². The van der Waals surface area contributed by atoms with Crippen molar-refractivity contribution in [3.05, 3.63) is 59.2 Å². The Labute approximate surface area is 215 Å². The summed E-state index contributed by atoms with van der Waals surface area (Å²) in [4.78, 5) is 24.6. The number of carbonyl (C=O) groups is 2. The third kappa shape index (κ3) is 9.40. The maximum absolute atomic E-state index is 12.8. The molecule has 0 unspecified atom stereocenters. The number of benzene rings is 2. The van der Waals surface area contributed by atoms with E-state index in [-0.39, 0.29) is 18.5 Å². The Morgan fingerprint density at radius 3 is 2.06 bits per heavy atom. The van der Waals surface area contributed by atoms with E-state index in [0.717, 1.165) is 42.6 Å². The number of aryl methyl sites for hydroxylation is 1. The molecule has 0 radical (unpaired) electrons. The van der Waals surface area contributed by atoms with Crippen LogP contribution in [0.4, 0.5) is 0 Å². The topological polar surface area (TPSA) is 71.1 Å². The Hall–Kier alpha value is -3.28. The van der Waals surface area contributed by atoms with Crippen LogP contribution in [-0.4, -0.2) is 31.8 Å². The number of esters is 1. The highest BCUT2D eigenvalue weighted by molar-refractivity contribution is 6.07. The first-order chi connectivity index (χ1) is 17.2. The van der Waals surface area contributed by atoms with Crippen molar-refractivity contribution in [3.8, 4) is 17.2 Å². The number of ketones is 1. The highest BCUT2D eigenvalue weighted by Crippen LogP contribution is 2.30. The number of carbonyl (C=O) groups excluding carboxylic acids is 2. The van der Waals surface area contributed by atoms with Gasteiger partial charge >= 0.3 is 5.97 Å². The minimum Gasteiger partial charge on any atom is -0.493 e. The fourth-order valence-corrected chi connectivity index (χ4v) is 3.10. The number of ether oxygens (including phenoxy) is 4. The van der Waals surface area contributed by atoms with E-state index in [1.54, 1.807) is 57.2 Å². The van der Waals surface area contributed by atoms with Crippen molar-refractivity contribution in [1.29, 1.82) is 0 Å². The molecule has 0 N–H and O–H groups in total. The lowest BCUT2D eigenvalue weighted by atomic mass is 9.98. The van der Waals surface area contributed by atoms with Crippen molar-refractivity contribution in [2.45, 2.75) is 67.2 Å². The van der Waals surface area contributed by atoms with Crippen LogP contribution >= 0.6 is 0 Å². The number of hydrogen-bond acceptors (Lipinski definition) is 6. The van der Waals surface area contributed by atoms with Gasteiger partial charge in [0.05, 0.1) is 18.6 Å². The minimum absolute atomic E-state index is 0.138. The summed E-state index contributed by atoms with van der Waals surface area (Å²) in [6.45, 7) is 12.7. The Morgan fingerprint density at radius 2 is 1.47 bits per heavy atom. The van der Waals surface area contributed by atoms with Crippen LogP contribution in [0.15, 0.2) is 42.5 Å². The molecular formula is C30H40O6. The molecule has 0 amide bonds. The fourth-order valence-electron chi connectivity index (χ4n) is 3.10. The number of rotatable bonds is 14. The zero-order valence-corrected chi connectivity index (χ0v) is 22.5. The summed E-state index contributed by atoms with van der Waals surface area (Å²) >= 11 is 0. The molecule has 0 aliphatic rings. The average molecular weight is 497 g/mol. The van der Waals surface area contributed by atoms with E-state index < -0.39 is 5.41 Å². The van der Waals surface area contributed by atoms with Crippen LogP contribution in [0, 0.1) is 12.3 Å². The van der Waals surface area contributed by atoms with Crippen molar-refractivity contribution in [1.82, 2.24) is 0 Å². The molecule has 6 heteroatoms. The minimum atomic E-state index is -0.589. The SMILES string of the molecule is CCCCOc1cc(OCCCC)c(C=CC(=O)c2ccc(OCOC(=O)C(C)(C)C)cc2)cc1C. The van der Waals surface area contributed by atoms with Gasteiger partial charge in [-0.15, -0.1) is 0 Å². The van der Waals surface area contributed by atoms with Crippen molar-refractivity contribution in [3.63, 3.8) is 0 Å². The molecule has 0 saturated heterocycles. The monoisotopic (exact) mass is 496 g/mol. The molecule has 6 nitrogen and oxygen atoms in total. The predicted molar refractivity (Wildman–Crippen MR) is 143 cm³/mol. The van der Waals surface area contributed by atoms with Crippen LogP contribution in [-0.2, 0) is 9.53 Å². The summed E-state index contributed by atoms with van der Waals surface area (Å²) in [5, 5.41) is 0. The lowest BCUT2D eigenvalue weighted by Crippen LogP contribution is -2.24. The summed E-state index contributed by atoms with van der Waals surface area (Å²) in [5.74, 6) is 1.55. The van der Waals surface area contributed by atoms with Crippen molar-refractivity contribution >= 4 is 17.8 Å². The van der Waals surface area contributed by atoms with Gasteiger partial charge in [-0.3, -0.25) is 9.59 Å². The second-order valence-electron chi connectivity index (χ2n) is 9.73. The maximum Gasteiger partial charge on any atom is 0.314 e. The van der Waals surface area contributed by atoms with Crippen molar-refractivity contribution in [2.75, 3.05) is 20.0 Å². The smallest absolute Gasteiger partial charge is 0.314 e. The Morgan fingerprint density at radius 1 is 0.861 bits per heavy atom. The molecule has 2 aromatic carbocycles. The standard InChI is InChI=1S/C30H40O6/c1-7-9-17-33-27-20-28(34-18-10-8-2)24(19-22(27)3)13-16-26(31)23-11-14-25(15-12-23)35-21-36-29(32)30(4,5)6/h11-16,19-20H,7-10,17-18,21H2,1-6H3. The summed E-state index contributed by atoms with van der Waals surface area (Å²) in [6.07, 6.45) is 7.37. The van der Waals surface area contributed by atoms with Gasteiger partial charge in [0.2, 0.25) is 6.79 Å². The highest BCUT2D eigenvalue weighted by atomic mass is 16.7. The van der Waals surface area contributed by atoms with Gasteiger partial charge in [0.1, 0.15) is 17.2 Å². The van der Waals surface area contributed by atoms with Crippen LogP contribution < -0.4 is 14.2 Å². The molecule has 0 aliphatic heterocycles. The normalized spacial score (nSPS) is 11.4. The summed E-state index contributed by atoms with van der Waals surface area (Å²) < 4.78 is 22.5. The van der Waals surface area contributed by atoms with Crippen molar-refractivity contribution in [2.24, 2.45) is 5.41 Å². The van der Waals surface area contributed by atoms with Gasteiger partial charge in [-0.1, -0.05) is 26.7 Å². The first-order valence-corrected chi connectivity index (χ1v) is 12.7. The molecule has 0 bridgehead atoms.